The molecule has 4 rings (SSSR count). The van der Waals surface area contributed by atoms with Crippen molar-refractivity contribution in [3.8, 4) is 22.8 Å². The van der Waals surface area contributed by atoms with Crippen LogP contribution in [0.1, 0.15) is 48.8 Å². The zero-order valence-corrected chi connectivity index (χ0v) is 23.9. The van der Waals surface area contributed by atoms with Crippen molar-refractivity contribution in [2.24, 2.45) is 0 Å². The molecular weight excluding hydrogens is 500 g/mol. The molecule has 2 aromatic heterocycles. The largest absolute Gasteiger partial charge is 0.541 e. The zero-order chi connectivity index (χ0) is 27.5. The number of methoxy groups -OCH3 is 2. The van der Waals surface area contributed by atoms with E-state index in [1.165, 1.54) is 13.4 Å². The highest BCUT2D eigenvalue weighted by Gasteiger charge is 2.39. The molecule has 2 aromatic carbocycles. The molecule has 0 unspecified atom stereocenters. The number of benzene rings is 2. The molecule has 0 spiro atoms. The van der Waals surface area contributed by atoms with Crippen LogP contribution in [0.5, 0.6) is 11.5 Å². The standard InChI is InChI=1S/C28H34N4O5Si/c1-28(2,3)38(6,7)37-24-14-13-20(16-25(24)34-4)21-17-32(31-30-21)23(15-19-11-9-8-10-12-19)26-29-22(18-36-26)27(33)35-5/h8-14,16-18,23H,15H2,1-7H3/t23-/m0/s1. The van der Waals surface area contributed by atoms with Gasteiger partial charge >= 0.3 is 5.97 Å². The Bertz CT molecular complexity index is 1390. The smallest absolute Gasteiger partial charge is 0.360 e. The summed E-state index contributed by atoms with van der Waals surface area (Å²) in [4.78, 5) is 16.3. The van der Waals surface area contributed by atoms with E-state index in [1.807, 2.05) is 54.7 Å². The van der Waals surface area contributed by atoms with E-state index < -0.39 is 20.3 Å². The Morgan fingerprint density at radius 1 is 1.08 bits per heavy atom. The molecule has 0 N–H and O–H groups in total. The number of rotatable bonds is 9. The molecular formula is C28H34N4O5Si. The zero-order valence-electron chi connectivity index (χ0n) is 22.9. The van der Waals surface area contributed by atoms with Crippen LogP contribution >= 0.6 is 0 Å². The third kappa shape index (κ3) is 5.80. The van der Waals surface area contributed by atoms with E-state index >= 15 is 0 Å². The molecule has 1 atom stereocenters. The Balaban J connectivity index is 1.66. The Kier molecular flexibility index (Phi) is 7.72. The number of hydrogen-bond donors (Lipinski definition) is 0. The first-order chi connectivity index (χ1) is 18.0. The Morgan fingerprint density at radius 2 is 1.82 bits per heavy atom. The average molecular weight is 535 g/mol. The van der Waals surface area contributed by atoms with Crippen molar-refractivity contribution in [1.29, 1.82) is 0 Å². The Labute approximate surface area is 223 Å². The van der Waals surface area contributed by atoms with Gasteiger partial charge in [-0.05, 0) is 41.9 Å². The summed E-state index contributed by atoms with van der Waals surface area (Å²) < 4.78 is 24.3. The second-order valence-electron chi connectivity index (χ2n) is 10.6. The van der Waals surface area contributed by atoms with Crippen molar-refractivity contribution in [3.05, 3.63) is 78.1 Å². The van der Waals surface area contributed by atoms with Gasteiger partial charge < -0.3 is 18.3 Å². The van der Waals surface area contributed by atoms with Crippen molar-refractivity contribution >= 4 is 14.3 Å². The number of aromatic nitrogens is 4. The van der Waals surface area contributed by atoms with Crippen LogP contribution in [0.4, 0.5) is 0 Å². The highest BCUT2D eigenvalue weighted by molar-refractivity contribution is 6.74. The fraction of sp³-hybridized carbons (Fsp3) is 0.357. The van der Waals surface area contributed by atoms with Gasteiger partial charge in [0.2, 0.25) is 5.89 Å². The van der Waals surface area contributed by atoms with Crippen molar-refractivity contribution < 1.29 is 23.1 Å². The van der Waals surface area contributed by atoms with E-state index in [1.54, 1.807) is 11.8 Å². The fourth-order valence-corrected chi connectivity index (χ4v) is 4.70. The molecule has 0 aliphatic rings. The number of nitrogens with zero attached hydrogens (tertiary/aromatic N) is 4. The van der Waals surface area contributed by atoms with Gasteiger partial charge in [-0.25, -0.2) is 14.5 Å². The lowest BCUT2D eigenvalue weighted by molar-refractivity contribution is 0.0594. The molecule has 0 amide bonds. The van der Waals surface area contributed by atoms with Crippen molar-refractivity contribution in [2.45, 2.75) is 51.4 Å². The minimum Gasteiger partial charge on any atom is -0.541 e. The molecule has 38 heavy (non-hydrogen) atoms. The van der Waals surface area contributed by atoms with Crippen LogP contribution in [-0.2, 0) is 11.2 Å². The van der Waals surface area contributed by atoms with E-state index in [-0.39, 0.29) is 10.7 Å². The van der Waals surface area contributed by atoms with Crippen molar-refractivity contribution in [1.82, 2.24) is 20.0 Å². The lowest BCUT2D eigenvalue weighted by Gasteiger charge is -2.36. The van der Waals surface area contributed by atoms with E-state index in [4.69, 9.17) is 18.3 Å². The number of carbonyl (C=O) groups excluding carboxylic acids is 1. The summed E-state index contributed by atoms with van der Waals surface area (Å²) in [6.45, 7) is 11.0. The molecule has 0 saturated carbocycles. The molecule has 0 aliphatic carbocycles. The molecule has 0 fully saturated rings. The summed E-state index contributed by atoms with van der Waals surface area (Å²) in [7, 11) is 0.888. The minimum atomic E-state index is -2.05. The fourth-order valence-electron chi connectivity index (χ4n) is 3.67. The van der Waals surface area contributed by atoms with Crippen molar-refractivity contribution in [2.75, 3.05) is 14.2 Å². The number of carbonyl (C=O) groups is 1. The molecule has 0 bridgehead atoms. The van der Waals surface area contributed by atoms with Gasteiger partial charge in [0.05, 0.1) is 20.4 Å². The van der Waals surface area contributed by atoms with Gasteiger partial charge in [-0.3, -0.25) is 0 Å². The Morgan fingerprint density at radius 3 is 2.47 bits per heavy atom. The summed E-state index contributed by atoms with van der Waals surface area (Å²) in [6, 6.07) is 15.3. The maximum Gasteiger partial charge on any atom is 0.360 e. The maximum atomic E-state index is 12.0. The number of oxazole rings is 1. The SMILES string of the molecule is COC(=O)c1coc([C@H](Cc2ccccc2)n2cc(-c3ccc(O[Si](C)(C)C(C)(C)C)c(OC)c3)nn2)n1. The average Bonchev–Trinajstić information content (AvgIpc) is 3.57. The molecule has 0 aliphatic heterocycles. The molecule has 0 saturated heterocycles. The molecule has 10 heteroatoms. The van der Waals surface area contributed by atoms with Crippen LogP contribution in [0.2, 0.25) is 18.1 Å². The molecule has 200 valence electrons. The van der Waals surface area contributed by atoms with Gasteiger partial charge in [-0.1, -0.05) is 56.3 Å². The van der Waals surface area contributed by atoms with Gasteiger partial charge in [0.15, 0.2) is 11.4 Å². The monoisotopic (exact) mass is 534 g/mol. The van der Waals surface area contributed by atoms with E-state index in [0.29, 0.717) is 29.5 Å². The highest BCUT2D eigenvalue weighted by atomic mass is 28.4. The molecule has 2 heterocycles. The number of ether oxygens (including phenoxy) is 2. The van der Waals surface area contributed by atoms with Crippen LogP contribution in [0.15, 0.2) is 65.4 Å². The molecule has 9 nitrogen and oxygen atoms in total. The lowest BCUT2D eigenvalue weighted by atomic mass is 10.1. The van der Waals surface area contributed by atoms with E-state index in [0.717, 1.165) is 11.1 Å². The maximum absolute atomic E-state index is 12.0. The molecule has 4 aromatic rings. The summed E-state index contributed by atoms with van der Waals surface area (Å²) in [5, 5.41) is 8.87. The predicted octanol–water partition coefficient (Wildman–Crippen LogP) is 5.94. The normalized spacial score (nSPS) is 12.7. The van der Waals surface area contributed by atoms with Gasteiger partial charge in [-0.15, -0.1) is 5.10 Å². The van der Waals surface area contributed by atoms with Gasteiger partial charge in [0.25, 0.3) is 8.32 Å². The first-order valence-electron chi connectivity index (χ1n) is 12.4. The predicted molar refractivity (Wildman–Crippen MR) is 146 cm³/mol. The summed E-state index contributed by atoms with van der Waals surface area (Å²) in [5.41, 5.74) is 2.64. The third-order valence-electron chi connectivity index (χ3n) is 6.93. The summed E-state index contributed by atoms with van der Waals surface area (Å²) in [5.74, 6) is 1.12. The summed E-state index contributed by atoms with van der Waals surface area (Å²) >= 11 is 0. The van der Waals surface area contributed by atoms with Gasteiger partial charge in [-0.2, -0.15) is 0 Å². The third-order valence-corrected chi connectivity index (χ3v) is 11.3. The van der Waals surface area contributed by atoms with Crippen LogP contribution in [0, 0.1) is 0 Å². The van der Waals surface area contributed by atoms with E-state index in [9.17, 15) is 4.79 Å². The number of esters is 1. The van der Waals surface area contributed by atoms with E-state index in [2.05, 4.69) is 49.2 Å². The van der Waals surface area contributed by atoms with Crippen LogP contribution < -0.4 is 9.16 Å². The minimum absolute atomic E-state index is 0.0563. The van der Waals surface area contributed by atoms with Crippen LogP contribution in [-0.4, -0.2) is 48.5 Å². The molecule has 0 radical (unpaired) electrons. The second-order valence-corrected chi connectivity index (χ2v) is 15.3. The number of hydrogen-bond acceptors (Lipinski definition) is 8. The quantitative estimate of drug-likeness (QED) is 0.192. The van der Waals surface area contributed by atoms with Crippen LogP contribution in [0.25, 0.3) is 11.3 Å². The first kappa shape index (κ1) is 27.1. The summed E-state index contributed by atoms with van der Waals surface area (Å²) in [6.07, 6.45) is 3.66. The highest BCUT2D eigenvalue weighted by Crippen LogP contribution is 2.41. The first-order valence-corrected chi connectivity index (χ1v) is 15.3. The lowest BCUT2D eigenvalue weighted by Crippen LogP contribution is -2.43. The van der Waals surface area contributed by atoms with Crippen molar-refractivity contribution in [3.63, 3.8) is 0 Å². The topological polar surface area (TPSA) is 102 Å². The van der Waals surface area contributed by atoms with Gasteiger partial charge in [0, 0.05) is 12.0 Å². The second kappa shape index (κ2) is 10.8. The Hall–Kier alpha value is -3.92. The van der Waals surface area contributed by atoms with Gasteiger partial charge in [0.1, 0.15) is 23.7 Å². The van der Waals surface area contributed by atoms with Crippen LogP contribution in [0.3, 0.4) is 0 Å².